The van der Waals surface area contributed by atoms with Crippen LogP contribution in [-0.4, -0.2) is 10.8 Å². The third-order valence-electron chi connectivity index (χ3n) is 3.45. The van der Waals surface area contributed by atoms with Gasteiger partial charge in [0, 0.05) is 5.92 Å². The minimum absolute atomic E-state index is 0. The van der Waals surface area contributed by atoms with E-state index < -0.39 is 5.72 Å². The van der Waals surface area contributed by atoms with Crippen LogP contribution in [0.1, 0.15) is 78.6 Å². The first-order valence-corrected chi connectivity index (χ1v) is 7.09. The minimum Gasteiger partial charge on any atom is -0.376 e. The molecule has 2 nitrogen and oxygen atoms in total. The fourth-order valence-electron chi connectivity index (χ4n) is 2.21. The number of nitrogens with two attached hydrogens (primary N) is 1. The van der Waals surface area contributed by atoms with Crippen LogP contribution < -0.4 is 5.73 Å². The van der Waals surface area contributed by atoms with Gasteiger partial charge in [-0.25, -0.2) is 0 Å². The van der Waals surface area contributed by atoms with E-state index in [1.54, 1.807) is 0 Å². The Hall–Kier alpha value is 0.400. The molecule has 0 aromatic heterocycles. The average molecular weight is 310 g/mol. The molecule has 0 aliphatic carbocycles. The van der Waals surface area contributed by atoms with E-state index >= 15 is 0 Å². The molecule has 0 saturated heterocycles. The second kappa shape index (κ2) is 11.5. The van der Waals surface area contributed by atoms with Crippen LogP contribution in [0.2, 0.25) is 0 Å². The number of aliphatic hydroxyl groups is 1. The molecule has 17 heavy (non-hydrogen) atoms. The zero-order valence-electron chi connectivity index (χ0n) is 11.9. The highest BCUT2D eigenvalue weighted by atomic mass is 79.9. The summed E-state index contributed by atoms with van der Waals surface area (Å²) in [4.78, 5) is 0. The number of rotatable bonds is 10. The van der Waals surface area contributed by atoms with Gasteiger partial charge in [0.05, 0.1) is 0 Å². The van der Waals surface area contributed by atoms with Gasteiger partial charge in [0.15, 0.2) is 0 Å². The lowest BCUT2D eigenvalue weighted by molar-refractivity contribution is -0.0307. The third kappa shape index (κ3) is 9.04. The summed E-state index contributed by atoms with van der Waals surface area (Å²) < 4.78 is 0. The van der Waals surface area contributed by atoms with Gasteiger partial charge >= 0.3 is 0 Å². The van der Waals surface area contributed by atoms with Crippen molar-refractivity contribution in [3.8, 4) is 0 Å². The first-order valence-electron chi connectivity index (χ1n) is 7.09. The Bertz CT molecular complexity index is 154. The van der Waals surface area contributed by atoms with Gasteiger partial charge in [0.2, 0.25) is 0 Å². The molecule has 0 spiro atoms. The summed E-state index contributed by atoms with van der Waals surface area (Å²) in [7, 11) is 0. The summed E-state index contributed by atoms with van der Waals surface area (Å²) in [6.45, 7) is 6.53. The van der Waals surface area contributed by atoms with Crippen LogP contribution in [0, 0.1) is 5.92 Å². The number of halogens is 1. The molecular weight excluding hydrogens is 278 g/mol. The van der Waals surface area contributed by atoms with Crippen molar-refractivity contribution in [2.45, 2.75) is 84.3 Å². The van der Waals surface area contributed by atoms with Crippen molar-refractivity contribution in [2.75, 3.05) is 0 Å². The molecule has 0 aromatic rings. The number of hydrogen-bond donors (Lipinski definition) is 2. The SMILES string of the molecule is Br.CCCCC(CCCC)C(N)(O)CCCC. The van der Waals surface area contributed by atoms with E-state index in [9.17, 15) is 5.11 Å². The Balaban J connectivity index is 0. The molecule has 0 aliphatic rings. The standard InChI is InChI=1S/C14H31NO.BrH/c1-4-7-10-13(11-8-5-2)14(15,16)12-9-6-3;/h13,16H,4-12,15H2,1-3H3;1H. The molecule has 0 saturated carbocycles. The van der Waals surface area contributed by atoms with E-state index in [0.717, 1.165) is 32.1 Å². The molecule has 0 heterocycles. The van der Waals surface area contributed by atoms with Crippen molar-refractivity contribution < 1.29 is 5.11 Å². The third-order valence-corrected chi connectivity index (χ3v) is 3.45. The van der Waals surface area contributed by atoms with Gasteiger partial charge in [0.25, 0.3) is 0 Å². The summed E-state index contributed by atoms with van der Waals surface area (Å²) in [6, 6.07) is 0. The first-order chi connectivity index (χ1) is 7.58. The molecule has 3 N–H and O–H groups in total. The predicted octanol–water partition coefficient (Wildman–Crippen LogP) is 4.40. The molecule has 0 radical (unpaired) electrons. The normalized spacial score (nSPS) is 14.5. The Labute approximate surface area is 118 Å². The van der Waals surface area contributed by atoms with E-state index in [-0.39, 0.29) is 17.0 Å². The highest BCUT2D eigenvalue weighted by Gasteiger charge is 2.30. The van der Waals surface area contributed by atoms with Crippen LogP contribution in [0.4, 0.5) is 0 Å². The van der Waals surface area contributed by atoms with Gasteiger partial charge in [-0.1, -0.05) is 52.9 Å². The van der Waals surface area contributed by atoms with Gasteiger partial charge in [-0.3, -0.25) is 0 Å². The van der Waals surface area contributed by atoms with E-state index in [4.69, 9.17) is 5.73 Å². The fourth-order valence-corrected chi connectivity index (χ4v) is 2.21. The fraction of sp³-hybridized carbons (Fsp3) is 1.00. The van der Waals surface area contributed by atoms with Crippen LogP contribution in [0.25, 0.3) is 0 Å². The van der Waals surface area contributed by atoms with Crippen LogP contribution in [0.15, 0.2) is 0 Å². The van der Waals surface area contributed by atoms with Crippen LogP contribution in [-0.2, 0) is 0 Å². The average Bonchev–Trinajstić information content (AvgIpc) is 2.26. The Morgan fingerprint density at radius 1 is 0.941 bits per heavy atom. The molecule has 0 aliphatic heterocycles. The molecule has 0 amide bonds. The van der Waals surface area contributed by atoms with Gasteiger partial charge in [-0.2, -0.15) is 0 Å². The van der Waals surface area contributed by atoms with E-state index in [0.29, 0.717) is 5.92 Å². The minimum atomic E-state index is -0.930. The highest BCUT2D eigenvalue weighted by molar-refractivity contribution is 8.93. The number of hydrogen-bond acceptors (Lipinski definition) is 2. The number of unbranched alkanes of at least 4 members (excludes halogenated alkanes) is 3. The topological polar surface area (TPSA) is 46.2 Å². The Kier molecular flexibility index (Phi) is 13.3. The van der Waals surface area contributed by atoms with Gasteiger partial charge in [0.1, 0.15) is 5.72 Å². The monoisotopic (exact) mass is 309 g/mol. The van der Waals surface area contributed by atoms with Crippen molar-refractivity contribution >= 4 is 17.0 Å². The summed E-state index contributed by atoms with van der Waals surface area (Å²) >= 11 is 0. The van der Waals surface area contributed by atoms with Crippen LogP contribution >= 0.6 is 17.0 Å². The molecule has 0 bridgehead atoms. The smallest absolute Gasteiger partial charge is 0.116 e. The second-order valence-corrected chi connectivity index (χ2v) is 5.08. The Morgan fingerprint density at radius 2 is 1.35 bits per heavy atom. The predicted molar refractivity (Wildman–Crippen MR) is 81.5 cm³/mol. The Morgan fingerprint density at radius 3 is 1.71 bits per heavy atom. The molecule has 106 valence electrons. The van der Waals surface area contributed by atoms with Crippen molar-refractivity contribution in [1.29, 1.82) is 0 Å². The summed E-state index contributed by atoms with van der Waals surface area (Å²) in [6.07, 6.45) is 9.77. The van der Waals surface area contributed by atoms with Gasteiger partial charge in [-0.05, 0) is 25.7 Å². The van der Waals surface area contributed by atoms with Crippen molar-refractivity contribution in [3.63, 3.8) is 0 Å². The lowest BCUT2D eigenvalue weighted by Crippen LogP contribution is -2.47. The molecule has 0 fully saturated rings. The molecule has 3 heteroatoms. The molecular formula is C14H32BrNO. The lowest BCUT2D eigenvalue weighted by Gasteiger charge is -2.33. The van der Waals surface area contributed by atoms with E-state index in [1.807, 2.05) is 0 Å². The van der Waals surface area contributed by atoms with Crippen LogP contribution in [0.3, 0.4) is 0 Å². The maximum Gasteiger partial charge on any atom is 0.116 e. The molecule has 1 atom stereocenters. The van der Waals surface area contributed by atoms with E-state index in [2.05, 4.69) is 20.8 Å². The summed E-state index contributed by atoms with van der Waals surface area (Å²) in [5, 5.41) is 10.3. The summed E-state index contributed by atoms with van der Waals surface area (Å²) in [5.74, 6) is 0.291. The zero-order valence-corrected chi connectivity index (χ0v) is 13.6. The largest absolute Gasteiger partial charge is 0.376 e. The lowest BCUT2D eigenvalue weighted by atomic mass is 9.84. The maximum absolute atomic E-state index is 10.3. The van der Waals surface area contributed by atoms with Gasteiger partial charge < -0.3 is 10.8 Å². The molecule has 0 rings (SSSR count). The quantitative estimate of drug-likeness (QED) is 0.588. The maximum atomic E-state index is 10.3. The van der Waals surface area contributed by atoms with Crippen molar-refractivity contribution in [2.24, 2.45) is 11.7 Å². The molecule has 0 aromatic carbocycles. The summed E-state index contributed by atoms with van der Waals surface area (Å²) in [5.41, 5.74) is 5.15. The van der Waals surface area contributed by atoms with Crippen molar-refractivity contribution in [1.82, 2.24) is 0 Å². The first kappa shape index (κ1) is 19.7. The molecule has 1 unspecified atom stereocenters. The van der Waals surface area contributed by atoms with Crippen LogP contribution in [0.5, 0.6) is 0 Å². The zero-order chi connectivity index (χ0) is 12.4. The van der Waals surface area contributed by atoms with Gasteiger partial charge in [-0.15, -0.1) is 17.0 Å². The van der Waals surface area contributed by atoms with E-state index in [1.165, 1.54) is 25.7 Å². The van der Waals surface area contributed by atoms with Crippen molar-refractivity contribution in [3.05, 3.63) is 0 Å². The second-order valence-electron chi connectivity index (χ2n) is 5.08. The highest BCUT2D eigenvalue weighted by Crippen LogP contribution is 2.28.